The van der Waals surface area contributed by atoms with E-state index in [0.717, 1.165) is 5.69 Å². The highest BCUT2D eigenvalue weighted by Crippen LogP contribution is 2.28. The number of nitrogens with two attached hydrogens (primary N) is 1. The van der Waals surface area contributed by atoms with Gasteiger partial charge in [-0.3, -0.25) is 4.90 Å². The summed E-state index contributed by atoms with van der Waals surface area (Å²) in [6.45, 7) is 0. The lowest BCUT2D eigenvalue weighted by Crippen LogP contribution is -2.30. The third-order valence-corrected chi connectivity index (χ3v) is 3.81. The zero-order valence-electron chi connectivity index (χ0n) is 12.8. The van der Waals surface area contributed by atoms with Gasteiger partial charge < -0.3 is 11.1 Å². The SMILES string of the molecule is Nc1ccc(N(C(=O)Nc2ccccc2Cl)c2ccccc2)cc1. The Balaban J connectivity index is 1.97. The van der Waals surface area contributed by atoms with Gasteiger partial charge in [0.2, 0.25) is 0 Å². The number of urea groups is 1. The highest BCUT2D eigenvalue weighted by Gasteiger charge is 2.18. The number of nitrogens with zero attached hydrogens (tertiary/aromatic N) is 1. The lowest BCUT2D eigenvalue weighted by Gasteiger charge is -2.23. The van der Waals surface area contributed by atoms with Gasteiger partial charge in [-0.05, 0) is 48.5 Å². The van der Waals surface area contributed by atoms with Crippen molar-refractivity contribution in [2.75, 3.05) is 16.0 Å². The summed E-state index contributed by atoms with van der Waals surface area (Å²) in [7, 11) is 0. The molecule has 0 radical (unpaired) electrons. The van der Waals surface area contributed by atoms with Crippen LogP contribution in [0.3, 0.4) is 0 Å². The van der Waals surface area contributed by atoms with Crippen LogP contribution >= 0.6 is 11.6 Å². The van der Waals surface area contributed by atoms with Crippen LogP contribution < -0.4 is 16.0 Å². The van der Waals surface area contributed by atoms with E-state index in [-0.39, 0.29) is 6.03 Å². The number of benzene rings is 3. The molecule has 3 aromatic carbocycles. The van der Waals surface area contributed by atoms with Crippen molar-refractivity contribution in [3.8, 4) is 0 Å². The Labute approximate surface area is 145 Å². The van der Waals surface area contributed by atoms with Crippen LogP contribution in [0, 0.1) is 0 Å². The van der Waals surface area contributed by atoms with Crippen molar-refractivity contribution in [2.45, 2.75) is 0 Å². The Kier molecular flexibility index (Phi) is 4.68. The number of nitrogens with one attached hydrogen (secondary N) is 1. The first kappa shape index (κ1) is 15.9. The molecule has 0 aromatic heterocycles. The van der Waals surface area contributed by atoms with Gasteiger partial charge in [-0.2, -0.15) is 0 Å². The van der Waals surface area contributed by atoms with Crippen LogP contribution in [0.5, 0.6) is 0 Å². The van der Waals surface area contributed by atoms with E-state index in [1.54, 1.807) is 41.3 Å². The number of hydrogen-bond acceptors (Lipinski definition) is 2. The smallest absolute Gasteiger partial charge is 0.330 e. The van der Waals surface area contributed by atoms with Gasteiger partial charge >= 0.3 is 6.03 Å². The van der Waals surface area contributed by atoms with Crippen LogP contribution in [0.4, 0.5) is 27.5 Å². The fourth-order valence-electron chi connectivity index (χ4n) is 2.32. The van der Waals surface area contributed by atoms with Crippen molar-refractivity contribution < 1.29 is 4.79 Å². The fraction of sp³-hybridized carbons (Fsp3) is 0. The minimum Gasteiger partial charge on any atom is -0.399 e. The molecule has 24 heavy (non-hydrogen) atoms. The lowest BCUT2D eigenvalue weighted by atomic mass is 10.2. The van der Waals surface area contributed by atoms with E-state index < -0.39 is 0 Å². The minimum atomic E-state index is -0.306. The molecule has 4 nitrogen and oxygen atoms in total. The summed E-state index contributed by atoms with van der Waals surface area (Å²) in [5.41, 5.74) is 8.39. The van der Waals surface area contributed by atoms with Crippen molar-refractivity contribution in [1.29, 1.82) is 0 Å². The van der Waals surface area contributed by atoms with Crippen LogP contribution in [0.15, 0.2) is 78.9 Å². The molecule has 0 spiro atoms. The van der Waals surface area contributed by atoms with E-state index >= 15 is 0 Å². The molecule has 0 aliphatic carbocycles. The van der Waals surface area contributed by atoms with Gasteiger partial charge in [0.1, 0.15) is 0 Å². The number of para-hydroxylation sites is 2. The molecule has 0 saturated carbocycles. The topological polar surface area (TPSA) is 58.4 Å². The molecule has 3 rings (SSSR count). The van der Waals surface area contributed by atoms with Crippen molar-refractivity contribution in [1.82, 2.24) is 0 Å². The van der Waals surface area contributed by atoms with Gasteiger partial charge in [0.05, 0.1) is 22.1 Å². The second kappa shape index (κ2) is 7.06. The predicted octanol–water partition coefficient (Wildman–Crippen LogP) is 5.29. The van der Waals surface area contributed by atoms with E-state index in [4.69, 9.17) is 17.3 Å². The quantitative estimate of drug-likeness (QED) is 0.638. The third-order valence-electron chi connectivity index (χ3n) is 3.48. The Morgan fingerprint density at radius 2 is 1.42 bits per heavy atom. The standard InChI is InChI=1S/C19H16ClN3O/c20-17-8-4-5-9-18(17)22-19(24)23(15-6-2-1-3-7-15)16-12-10-14(21)11-13-16/h1-13H,21H2,(H,22,24). The van der Waals surface area contributed by atoms with Gasteiger partial charge in [-0.25, -0.2) is 4.79 Å². The highest BCUT2D eigenvalue weighted by atomic mass is 35.5. The number of nitrogen functional groups attached to an aromatic ring is 1. The zero-order valence-corrected chi connectivity index (χ0v) is 13.6. The van der Waals surface area contributed by atoms with Crippen LogP contribution in [0.2, 0.25) is 5.02 Å². The summed E-state index contributed by atoms with van der Waals surface area (Å²) >= 11 is 6.14. The lowest BCUT2D eigenvalue weighted by molar-refractivity contribution is 0.259. The molecule has 0 aliphatic rings. The number of halogens is 1. The molecule has 0 bridgehead atoms. The number of hydrogen-bond donors (Lipinski definition) is 2. The molecule has 2 amide bonds. The molecular formula is C19H16ClN3O. The summed E-state index contributed by atoms with van der Waals surface area (Å²) in [6, 6.07) is 23.3. The maximum absolute atomic E-state index is 12.9. The predicted molar refractivity (Wildman–Crippen MR) is 99.9 cm³/mol. The minimum absolute atomic E-state index is 0.306. The first-order valence-corrected chi connectivity index (χ1v) is 7.79. The molecule has 120 valence electrons. The highest BCUT2D eigenvalue weighted by molar-refractivity contribution is 6.33. The van der Waals surface area contributed by atoms with Gasteiger partial charge in [-0.1, -0.05) is 41.9 Å². The molecule has 3 aromatic rings. The first-order chi connectivity index (χ1) is 11.6. The summed E-state index contributed by atoms with van der Waals surface area (Å²) in [5.74, 6) is 0. The molecule has 5 heteroatoms. The summed E-state index contributed by atoms with van der Waals surface area (Å²) in [5, 5.41) is 3.33. The summed E-state index contributed by atoms with van der Waals surface area (Å²) in [4.78, 5) is 14.4. The normalized spacial score (nSPS) is 10.2. The van der Waals surface area contributed by atoms with Gasteiger partial charge in [0.25, 0.3) is 0 Å². The summed E-state index contributed by atoms with van der Waals surface area (Å²) in [6.07, 6.45) is 0. The Morgan fingerprint density at radius 3 is 2.08 bits per heavy atom. The Hall–Kier alpha value is -2.98. The van der Waals surface area contributed by atoms with Crippen molar-refractivity contribution in [3.63, 3.8) is 0 Å². The van der Waals surface area contributed by atoms with E-state index in [2.05, 4.69) is 5.32 Å². The van der Waals surface area contributed by atoms with Crippen LogP contribution in [-0.2, 0) is 0 Å². The maximum atomic E-state index is 12.9. The van der Waals surface area contributed by atoms with Crippen LogP contribution in [0.25, 0.3) is 0 Å². The molecule has 0 unspecified atom stereocenters. The molecule has 0 saturated heterocycles. The Morgan fingerprint density at radius 1 is 0.833 bits per heavy atom. The van der Waals surface area contributed by atoms with E-state index in [0.29, 0.717) is 22.1 Å². The monoisotopic (exact) mass is 337 g/mol. The van der Waals surface area contributed by atoms with Crippen LogP contribution in [0.1, 0.15) is 0 Å². The van der Waals surface area contributed by atoms with Gasteiger partial charge in [-0.15, -0.1) is 0 Å². The maximum Gasteiger partial charge on any atom is 0.330 e. The third kappa shape index (κ3) is 3.50. The first-order valence-electron chi connectivity index (χ1n) is 7.41. The van der Waals surface area contributed by atoms with E-state index in [9.17, 15) is 4.79 Å². The second-order valence-corrected chi connectivity index (χ2v) is 5.58. The Bertz CT molecular complexity index is 835. The van der Waals surface area contributed by atoms with Crippen LogP contribution in [-0.4, -0.2) is 6.03 Å². The molecular weight excluding hydrogens is 322 g/mol. The largest absolute Gasteiger partial charge is 0.399 e. The molecule has 0 heterocycles. The number of rotatable bonds is 3. The zero-order chi connectivity index (χ0) is 16.9. The molecule has 0 fully saturated rings. The molecule has 3 N–H and O–H groups in total. The molecule has 0 aliphatic heterocycles. The fourth-order valence-corrected chi connectivity index (χ4v) is 2.50. The number of carbonyl (C=O) groups is 1. The second-order valence-electron chi connectivity index (χ2n) is 5.17. The number of carbonyl (C=O) groups excluding carboxylic acids is 1. The average molecular weight is 338 g/mol. The van der Waals surface area contributed by atoms with Gasteiger partial charge in [0, 0.05) is 5.69 Å². The summed E-state index contributed by atoms with van der Waals surface area (Å²) < 4.78 is 0. The number of amides is 2. The van der Waals surface area contributed by atoms with Crippen molar-refractivity contribution >= 4 is 40.4 Å². The van der Waals surface area contributed by atoms with Gasteiger partial charge in [0.15, 0.2) is 0 Å². The number of anilines is 4. The van der Waals surface area contributed by atoms with E-state index in [1.807, 2.05) is 42.5 Å². The van der Waals surface area contributed by atoms with Crippen molar-refractivity contribution in [2.24, 2.45) is 0 Å². The van der Waals surface area contributed by atoms with Crippen molar-refractivity contribution in [3.05, 3.63) is 83.9 Å². The van der Waals surface area contributed by atoms with E-state index in [1.165, 1.54) is 0 Å². The average Bonchev–Trinajstić information content (AvgIpc) is 2.60. The molecule has 0 atom stereocenters.